The minimum absolute atomic E-state index is 0.208. The quantitative estimate of drug-likeness (QED) is 0.864. The summed E-state index contributed by atoms with van der Waals surface area (Å²) in [6.07, 6.45) is -0.643. The normalized spacial score (nSPS) is 12.9. The molecule has 1 atom stereocenters. The van der Waals surface area contributed by atoms with Crippen LogP contribution in [0.15, 0.2) is 22.7 Å². The van der Waals surface area contributed by atoms with Crippen molar-refractivity contribution in [3.05, 3.63) is 33.8 Å². The Labute approximate surface area is 92.0 Å². The van der Waals surface area contributed by atoms with Crippen molar-refractivity contribution in [3.63, 3.8) is 0 Å². The van der Waals surface area contributed by atoms with Crippen molar-refractivity contribution in [3.8, 4) is 0 Å². The predicted octanol–water partition coefficient (Wildman–Crippen LogP) is 1.59. The van der Waals surface area contributed by atoms with Crippen LogP contribution in [0.2, 0.25) is 0 Å². The molecule has 1 aromatic rings. The highest BCUT2D eigenvalue weighted by Gasteiger charge is 2.13. The van der Waals surface area contributed by atoms with Crippen LogP contribution in [0.25, 0.3) is 0 Å². The van der Waals surface area contributed by atoms with E-state index in [9.17, 15) is 5.11 Å². The fourth-order valence-corrected chi connectivity index (χ4v) is 2.03. The van der Waals surface area contributed by atoms with E-state index in [1.54, 1.807) is 7.11 Å². The molecule has 0 heterocycles. The van der Waals surface area contributed by atoms with Crippen molar-refractivity contribution in [2.24, 2.45) is 5.73 Å². The molecule has 1 unspecified atom stereocenters. The summed E-state index contributed by atoms with van der Waals surface area (Å²) in [5.41, 5.74) is 7.20. The fourth-order valence-electron chi connectivity index (χ4n) is 1.35. The van der Waals surface area contributed by atoms with E-state index in [0.29, 0.717) is 6.61 Å². The van der Waals surface area contributed by atoms with Crippen LogP contribution < -0.4 is 5.73 Å². The molecule has 3 N–H and O–H groups in total. The Kier molecular flexibility index (Phi) is 4.54. The second-order valence-corrected chi connectivity index (χ2v) is 3.85. The van der Waals surface area contributed by atoms with Crippen molar-refractivity contribution < 1.29 is 9.84 Å². The molecule has 0 fully saturated rings. The second kappa shape index (κ2) is 5.46. The molecule has 3 nitrogen and oxygen atoms in total. The average Bonchev–Trinajstić information content (AvgIpc) is 2.18. The zero-order chi connectivity index (χ0) is 10.6. The van der Waals surface area contributed by atoms with E-state index in [2.05, 4.69) is 15.9 Å². The third-order valence-electron chi connectivity index (χ3n) is 2.00. The molecule has 0 aliphatic rings. The summed E-state index contributed by atoms with van der Waals surface area (Å²) in [7, 11) is 1.62. The number of aliphatic hydroxyl groups is 1. The Morgan fingerprint density at radius 3 is 2.86 bits per heavy atom. The third kappa shape index (κ3) is 2.54. The van der Waals surface area contributed by atoms with Gasteiger partial charge in [-0.15, -0.1) is 0 Å². The zero-order valence-electron chi connectivity index (χ0n) is 8.03. The number of methoxy groups -OCH3 is 1. The molecule has 0 aliphatic heterocycles. The lowest BCUT2D eigenvalue weighted by atomic mass is 10.0. The van der Waals surface area contributed by atoms with Crippen molar-refractivity contribution in [1.82, 2.24) is 0 Å². The number of ether oxygens (including phenoxy) is 1. The first kappa shape index (κ1) is 11.7. The van der Waals surface area contributed by atoms with Crippen LogP contribution in [0.1, 0.15) is 17.2 Å². The molecule has 0 radical (unpaired) electrons. The molecule has 0 saturated heterocycles. The van der Waals surface area contributed by atoms with E-state index in [4.69, 9.17) is 10.5 Å². The molecular weight excluding hydrogens is 246 g/mol. The number of hydrogen-bond donors (Lipinski definition) is 2. The lowest BCUT2D eigenvalue weighted by molar-refractivity contribution is 0.165. The minimum atomic E-state index is -0.643. The van der Waals surface area contributed by atoms with Gasteiger partial charge in [-0.1, -0.05) is 28.1 Å². The number of benzene rings is 1. The largest absolute Gasteiger partial charge is 0.387 e. The van der Waals surface area contributed by atoms with Crippen LogP contribution in [0, 0.1) is 0 Å². The lowest BCUT2D eigenvalue weighted by Crippen LogP contribution is -2.14. The molecule has 0 spiro atoms. The van der Waals surface area contributed by atoms with Gasteiger partial charge in [0.25, 0.3) is 0 Å². The number of rotatable bonds is 4. The maximum absolute atomic E-state index is 9.71. The molecule has 4 heteroatoms. The monoisotopic (exact) mass is 259 g/mol. The standard InChI is InChI=1S/C10H14BrNO2/c1-14-6-7-3-2-4-8(11)10(7)9(13)5-12/h2-4,9,13H,5-6,12H2,1H3. The van der Waals surface area contributed by atoms with Crippen LogP contribution in [0.3, 0.4) is 0 Å². The smallest absolute Gasteiger partial charge is 0.0926 e. The molecule has 78 valence electrons. The number of aliphatic hydroxyl groups excluding tert-OH is 1. The summed E-state index contributed by atoms with van der Waals surface area (Å²) in [5, 5.41) is 9.71. The Morgan fingerprint density at radius 2 is 2.29 bits per heavy atom. The first-order chi connectivity index (χ1) is 6.70. The Bertz CT molecular complexity index is 304. The van der Waals surface area contributed by atoms with E-state index < -0.39 is 6.10 Å². The Hall–Kier alpha value is -0.420. The van der Waals surface area contributed by atoms with Gasteiger partial charge in [0, 0.05) is 23.7 Å². The first-order valence-electron chi connectivity index (χ1n) is 4.35. The van der Waals surface area contributed by atoms with Crippen molar-refractivity contribution in [2.75, 3.05) is 13.7 Å². The van der Waals surface area contributed by atoms with Gasteiger partial charge in [0.15, 0.2) is 0 Å². The minimum Gasteiger partial charge on any atom is -0.387 e. The molecule has 1 rings (SSSR count). The fraction of sp³-hybridized carbons (Fsp3) is 0.400. The molecule has 1 aromatic carbocycles. The van der Waals surface area contributed by atoms with Gasteiger partial charge in [-0.25, -0.2) is 0 Å². The van der Waals surface area contributed by atoms with E-state index in [1.165, 1.54) is 0 Å². The second-order valence-electron chi connectivity index (χ2n) is 3.00. The van der Waals surface area contributed by atoms with Crippen molar-refractivity contribution in [2.45, 2.75) is 12.7 Å². The highest BCUT2D eigenvalue weighted by molar-refractivity contribution is 9.10. The van der Waals surface area contributed by atoms with Crippen LogP contribution >= 0.6 is 15.9 Å². The van der Waals surface area contributed by atoms with Crippen LogP contribution in [0.4, 0.5) is 0 Å². The molecule has 0 aliphatic carbocycles. The number of halogens is 1. The molecular formula is C10H14BrNO2. The molecule has 14 heavy (non-hydrogen) atoms. The highest BCUT2D eigenvalue weighted by Crippen LogP contribution is 2.27. The number of nitrogens with two attached hydrogens (primary N) is 1. The topological polar surface area (TPSA) is 55.5 Å². The summed E-state index contributed by atoms with van der Waals surface area (Å²) < 4.78 is 5.91. The van der Waals surface area contributed by atoms with Gasteiger partial charge in [0.05, 0.1) is 12.7 Å². The maximum atomic E-state index is 9.71. The van der Waals surface area contributed by atoms with Gasteiger partial charge in [-0.2, -0.15) is 0 Å². The van der Waals surface area contributed by atoms with Crippen LogP contribution in [-0.4, -0.2) is 18.8 Å². The summed E-state index contributed by atoms with van der Waals surface area (Å²) in [6, 6.07) is 5.71. The van der Waals surface area contributed by atoms with Gasteiger partial charge in [0.1, 0.15) is 0 Å². The van der Waals surface area contributed by atoms with Crippen LogP contribution in [-0.2, 0) is 11.3 Å². The first-order valence-corrected chi connectivity index (χ1v) is 5.14. The summed E-state index contributed by atoms with van der Waals surface area (Å²) in [6.45, 7) is 0.686. The molecule has 0 aromatic heterocycles. The van der Waals surface area contributed by atoms with Gasteiger partial charge >= 0.3 is 0 Å². The van der Waals surface area contributed by atoms with E-state index in [0.717, 1.165) is 15.6 Å². The van der Waals surface area contributed by atoms with Gasteiger partial charge in [0.2, 0.25) is 0 Å². The summed E-state index contributed by atoms with van der Waals surface area (Å²) in [4.78, 5) is 0. The molecule has 0 saturated carbocycles. The third-order valence-corrected chi connectivity index (χ3v) is 2.69. The lowest BCUT2D eigenvalue weighted by Gasteiger charge is -2.15. The summed E-state index contributed by atoms with van der Waals surface area (Å²) >= 11 is 3.39. The average molecular weight is 260 g/mol. The van der Waals surface area contributed by atoms with Crippen LogP contribution in [0.5, 0.6) is 0 Å². The van der Waals surface area contributed by atoms with Gasteiger partial charge in [-0.3, -0.25) is 0 Å². The van der Waals surface area contributed by atoms with E-state index >= 15 is 0 Å². The SMILES string of the molecule is COCc1cccc(Br)c1C(O)CN. The highest BCUT2D eigenvalue weighted by atomic mass is 79.9. The van der Waals surface area contributed by atoms with Crippen molar-refractivity contribution in [1.29, 1.82) is 0 Å². The molecule has 0 bridgehead atoms. The Morgan fingerprint density at radius 1 is 1.57 bits per heavy atom. The van der Waals surface area contributed by atoms with Gasteiger partial charge in [-0.05, 0) is 11.6 Å². The zero-order valence-corrected chi connectivity index (χ0v) is 9.62. The van der Waals surface area contributed by atoms with Gasteiger partial charge < -0.3 is 15.6 Å². The predicted molar refractivity (Wildman–Crippen MR) is 58.9 cm³/mol. The maximum Gasteiger partial charge on any atom is 0.0926 e. The van der Waals surface area contributed by atoms with E-state index in [1.807, 2.05) is 18.2 Å². The van der Waals surface area contributed by atoms with E-state index in [-0.39, 0.29) is 6.54 Å². The summed E-state index contributed by atoms with van der Waals surface area (Å²) in [5.74, 6) is 0. The Balaban J connectivity index is 3.08. The molecule has 0 amide bonds. The van der Waals surface area contributed by atoms with Crippen molar-refractivity contribution >= 4 is 15.9 Å². The number of hydrogen-bond acceptors (Lipinski definition) is 3.